The van der Waals surface area contributed by atoms with Gasteiger partial charge in [0.05, 0.1) is 11.9 Å². The SMILES string of the molecule is CCCn1ncc(NCC2(CCOC)CC2)c(Br)c1=O. The second-order valence-electron chi connectivity index (χ2n) is 5.50. The fraction of sp³-hybridized carbons (Fsp3) is 0.714. The van der Waals surface area contributed by atoms with Crippen molar-refractivity contribution in [3.05, 3.63) is 21.0 Å². The number of hydrogen-bond acceptors (Lipinski definition) is 4. The lowest BCUT2D eigenvalue weighted by Gasteiger charge is -2.17. The molecule has 6 heteroatoms. The number of aryl methyl sites for hydroxylation is 1. The van der Waals surface area contributed by atoms with E-state index in [1.165, 1.54) is 17.5 Å². The lowest BCUT2D eigenvalue weighted by atomic mass is 10.0. The molecule has 1 aliphatic rings. The van der Waals surface area contributed by atoms with Gasteiger partial charge in [-0.2, -0.15) is 5.10 Å². The van der Waals surface area contributed by atoms with Crippen LogP contribution in [0.4, 0.5) is 5.69 Å². The third kappa shape index (κ3) is 3.61. The topological polar surface area (TPSA) is 56.1 Å². The maximum absolute atomic E-state index is 12.1. The van der Waals surface area contributed by atoms with Crippen molar-refractivity contribution in [2.24, 2.45) is 5.41 Å². The Labute approximate surface area is 127 Å². The molecule has 1 N–H and O–H groups in total. The minimum absolute atomic E-state index is 0.0708. The molecule has 1 aromatic heterocycles. The van der Waals surface area contributed by atoms with Crippen molar-refractivity contribution in [1.82, 2.24) is 9.78 Å². The molecule has 1 saturated carbocycles. The van der Waals surface area contributed by atoms with Crippen molar-refractivity contribution in [2.75, 3.05) is 25.6 Å². The molecular weight excluding hydrogens is 322 g/mol. The molecule has 0 atom stereocenters. The Bertz CT molecular complexity index is 512. The maximum atomic E-state index is 12.1. The molecule has 112 valence electrons. The predicted octanol–water partition coefficient (Wildman–Crippen LogP) is 2.64. The minimum atomic E-state index is -0.0708. The number of nitrogens with one attached hydrogen (secondary N) is 1. The fourth-order valence-electron chi connectivity index (χ4n) is 2.25. The lowest BCUT2D eigenvalue weighted by Crippen LogP contribution is -2.25. The Morgan fingerprint density at radius 1 is 1.55 bits per heavy atom. The predicted molar refractivity (Wildman–Crippen MR) is 83.1 cm³/mol. The summed E-state index contributed by atoms with van der Waals surface area (Å²) in [6, 6.07) is 0. The summed E-state index contributed by atoms with van der Waals surface area (Å²) >= 11 is 3.38. The average molecular weight is 344 g/mol. The van der Waals surface area contributed by atoms with Crippen LogP contribution in [0.3, 0.4) is 0 Å². The van der Waals surface area contributed by atoms with Crippen LogP contribution in [-0.4, -0.2) is 30.0 Å². The molecule has 1 heterocycles. The van der Waals surface area contributed by atoms with E-state index in [9.17, 15) is 4.79 Å². The first-order valence-electron chi connectivity index (χ1n) is 7.10. The van der Waals surface area contributed by atoms with Crippen LogP contribution < -0.4 is 10.9 Å². The third-order valence-electron chi connectivity index (χ3n) is 3.87. The van der Waals surface area contributed by atoms with Gasteiger partial charge in [0.15, 0.2) is 0 Å². The van der Waals surface area contributed by atoms with E-state index in [2.05, 4.69) is 26.3 Å². The van der Waals surface area contributed by atoms with Crippen molar-refractivity contribution < 1.29 is 4.74 Å². The van der Waals surface area contributed by atoms with Gasteiger partial charge in [0, 0.05) is 26.8 Å². The Balaban J connectivity index is 2.00. The molecule has 0 aliphatic heterocycles. The van der Waals surface area contributed by atoms with Crippen molar-refractivity contribution in [3.8, 4) is 0 Å². The number of aromatic nitrogens is 2. The van der Waals surface area contributed by atoms with Crippen LogP contribution in [0.2, 0.25) is 0 Å². The van der Waals surface area contributed by atoms with E-state index in [1.54, 1.807) is 13.3 Å². The zero-order valence-corrected chi connectivity index (χ0v) is 13.7. The second-order valence-corrected chi connectivity index (χ2v) is 6.29. The van der Waals surface area contributed by atoms with E-state index in [-0.39, 0.29) is 5.56 Å². The highest BCUT2D eigenvalue weighted by Gasteiger charge is 2.41. The van der Waals surface area contributed by atoms with E-state index in [0.29, 0.717) is 16.4 Å². The Kier molecular flexibility index (Phi) is 5.21. The standard InChI is InChI=1S/C14H22BrN3O2/c1-3-7-18-13(19)12(15)11(9-17-18)16-10-14(4-5-14)6-8-20-2/h9,16H,3-8,10H2,1-2H3. The summed E-state index contributed by atoms with van der Waals surface area (Å²) in [6.07, 6.45) is 6.14. The van der Waals surface area contributed by atoms with E-state index >= 15 is 0 Å². The zero-order valence-electron chi connectivity index (χ0n) is 12.1. The van der Waals surface area contributed by atoms with Gasteiger partial charge in [0.2, 0.25) is 0 Å². The summed E-state index contributed by atoms with van der Waals surface area (Å²) in [4.78, 5) is 12.1. The Morgan fingerprint density at radius 3 is 2.90 bits per heavy atom. The van der Waals surface area contributed by atoms with Crippen molar-refractivity contribution in [1.29, 1.82) is 0 Å². The van der Waals surface area contributed by atoms with Gasteiger partial charge >= 0.3 is 0 Å². The summed E-state index contributed by atoms with van der Waals surface area (Å²) < 4.78 is 7.22. The molecule has 0 saturated heterocycles. The summed E-state index contributed by atoms with van der Waals surface area (Å²) in [6.45, 7) is 4.34. The molecule has 1 aromatic rings. The Morgan fingerprint density at radius 2 is 2.30 bits per heavy atom. The van der Waals surface area contributed by atoms with Crippen LogP contribution in [0, 0.1) is 5.41 Å². The number of methoxy groups -OCH3 is 1. The first-order chi connectivity index (χ1) is 9.62. The molecule has 5 nitrogen and oxygen atoms in total. The first-order valence-corrected chi connectivity index (χ1v) is 7.89. The lowest BCUT2D eigenvalue weighted by molar-refractivity contribution is 0.175. The molecule has 0 radical (unpaired) electrons. The van der Waals surface area contributed by atoms with Crippen LogP contribution in [0.15, 0.2) is 15.5 Å². The minimum Gasteiger partial charge on any atom is -0.385 e. The monoisotopic (exact) mass is 343 g/mol. The summed E-state index contributed by atoms with van der Waals surface area (Å²) in [5.74, 6) is 0. The number of ether oxygens (including phenoxy) is 1. The molecule has 0 amide bonds. The highest BCUT2D eigenvalue weighted by Crippen LogP contribution is 2.48. The van der Waals surface area contributed by atoms with E-state index < -0.39 is 0 Å². The summed E-state index contributed by atoms with van der Waals surface area (Å²) in [5.41, 5.74) is 1.05. The quantitative estimate of drug-likeness (QED) is 0.788. The number of nitrogens with zero attached hydrogens (tertiary/aromatic N) is 2. The van der Waals surface area contributed by atoms with Gasteiger partial charge in [-0.25, -0.2) is 4.68 Å². The third-order valence-corrected chi connectivity index (χ3v) is 4.63. The molecule has 20 heavy (non-hydrogen) atoms. The summed E-state index contributed by atoms with van der Waals surface area (Å²) in [5, 5.41) is 7.56. The molecule has 1 aliphatic carbocycles. The van der Waals surface area contributed by atoms with Crippen LogP contribution in [0.1, 0.15) is 32.6 Å². The van der Waals surface area contributed by atoms with Crippen LogP contribution >= 0.6 is 15.9 Å². The number of rotatable bonds is 8. The maximum Gasteiger partial charge on any atom is 0.283 e. The van der Waals surface area contributed by atoms with Crippen LogP contribution in [0.25, 0.3) is 0 Å². The van der Waals surface area contributed by atoms with Gasteiger partial charge in [-0.15, -0.1) is 0 Å². The molecule has 0 aromatic carbocycles. The first kappa shape index (κ1) is 15.5. The molecule has 0 unspecified atom stereocenters. The average Bonchev–Trinajstić information content (AvgIpc) is 3.22. The van der Waals surface area contributed by atoms with Crippen LogP contribution in [-0.2, 0) is 11.3 Å². The zero-order chi connectivity index (χ0) is 14.6. The molecule has 1 fully saturated rings. The fourth-order valence-corrected chi connectivity index (χ4v) is 2.70. The number of anilines is 1. The van der Waals surface area contributed by atoms with Gasteiger partial charge in [-0.3, -0.25) is 4.79 Å². The van der Waals surface area contributed by atoms with E-state index in [1.807, 2.05) is 6.92 Å². The highest BCUT2D eigenvalue weighted by molar-refractivity contribution is 9.10. The molecular formula is C14H22BrN3O2. The number of halogens is 1. The molecule has 0 spiro atoms. The Hall–Kier alpha value is -0.880. The van der Waals surface area contributed by atoms with E-state index in [4.69, 9.17) is 4.74 Å². The van der Waals surface area contributed by atoms with Gasteiger partial charge in [0.25, 0.3) is 5.56 Å². The van der Waals surface area contributed by atoms with Crippen molar-refractivity contribution >= 4 is 21.6 Å². The normalized spacial score (nSPS) is 16.1. The van der Waals surface area contributed by atoms with Gasteiger partial charge < -0.3 is 10.1 Å². The highest BCUT2D eigenvalue weighted by atomic mass is 79.9. The van der Waals surface area contributed by atoms with Crippen LogP contribution in [0.5, 0.6) is 0 Å². The van der Waals surface area contributed by atoms with Gasteiger partial charge in [-0.1, -0.05) is 6.92 Å². The largest absolute Gasteiger partial charge is 0.385 e. The number of hydrogen-bond donors (Lipinski definition) is 1. The van der Waals surface area contributed by atoms with E-state index in [0.717, 1.165) is 31.7 Å². The summed E-state index contributed by atoms with van der Waals surface area (Å²) in [7, 11) is 1.73. The smallest absolute Gasteiger partial charge is 0.283 e. The second kappa shape index (κ2) is 6.72. The molecule has 0 bridgehead atoms. The molecule has 2 rings (SSSR count). The van der Waals surface area contributed by atoms with Crippen molar-refractivity contribution in [3.63, 3.8) is 0 Å². The van der Waals surface area contributed by atoms with Gasteiger partial charge in [0.1, 0.15) is 4.47 Å². The van der Waals surface area contributed by atoms with Crippen molar-refractivity contribution in [2.45, 2.75) is 39.2 Å². The van der Waals surface area contributed by atoms with Gasteiger partial charge in [-0.05, 0) is 47.0 Å².